The van der Waals surface area contributed by atoms with Crippen molar-refractivity contribution in [2.24, 2.45) is 11.8 Å². The summed E-state index contributed by atoms with van der Waals surface area (Å²) < 4.78 is 27.6. The first-order valence-electron chi connectivity index (χ1n) is 10.2. The summed E-state index contributed by atoms with van der Waals surface area (Å²) in [7, 11) is -1.62. The summed E-state index contributed by atoms with van der Waals surface area (Å²) in [6, 6.07) is 16.9. The maximum atomic E-state index is 12.8. The van der Waals surface area contributed by atoms with Gasteiger partial charge >= 0.3 is 0 Å². The molecule has 3 rings (SSSR count). The standard InChI is InChI=1S/C23H30N2O3S/c1-18-8-14-22(15-9-18)29(27,28)24-16-19-10-12-21(13-11-19)23(26)25(2)17-20-6-4-3-5-7-20/h3-9,14-15,19,21,24H,10-13,16-17H2,1-2H3. The summed E-state index contributed by atoms with van der Waals surface area (Å²) in [5.41, 5.74) is 2.16. The molecule has 1 aliphatic carbocycles. The molecule has 0 radical (unpaired) electrons. The number of aryl methyl sites for hydroxylation is 1. The quantitative estimate of drug-likeness (QED) is 0.751. The van der Waals surface area contributed by atoms with Gasteiger partial charge in [0.25, 0.3) is 0 Å². The second kappa shape index (κ2) is 9.55. The Bertz CT molecular complexity index is 903. The molecule has 0 heterocycles. The van der Waals surface area contributed by atoms with Crippen LogP contribution in [0, 0.1) is 18.8 Å². The van der Waals surface area contributed by atoms with Crippen molar-refractivity contribution in [2.45, 2.75) is 44.0 Å². The molecule has 1 aliphatic rings. The normalized spacial score (nSPS) is 19.7. The van der Waals surface area contributed by atoms with Gasteiger partial charge in [-0.15, -0.1) is 0 Å². The van der Waals surface area contributed by atoms with Crippen LogP contribution in [0.1, 0.15) is 36.8 Å². The zero-order valence-electron chi connectivity index (χ0n) is 17.2. The number of carbonyl (C=O) groups is 1. The number of carbonyl (C=O) groups excluding carboxylic acids is 1. The molecule has 1 fully saturated rings. The van der Waals surface area contributed by atoms with Gasteiger partial charge in [0, 0.05) is 26.1 Å². The van der Waals surface area contributed by atoms with Gasteiger partial charge in [0.15, 0.2) is 0 Å². The van der Waals surface area contributed by atoms with Crippen LogP contribution in [0.4, 0.5) is 0 Å². The Morgan fingerprint density at radius 1 is 1.00 bits per heavy atom. The molecule has 1 N–H and O–H groups in total. The molecule has 0 unspecified atom stereocenters. The van der Waals surface area contributed by atoms with Crippen LogP contribution < -0.4 is 4.72 Å². The highest BCUT2D eigenvalue weighted by atomic mass is 32.2. The third-order valence-electron chi connectivity index (χ3n) is 5.73. The molecule has 0 atom stereocenters. The average Bonchev–Trinajstić information content (AvgIpc) is 2.73. The monoisotopic (exact) mass is 414 g/mol. The highest BCUT2D eigenvalue weighted by Crippen LogP contribution is 2.30. The van der Waals surface area contributed by atoms with Crippen molar-refractivity contribution in [2.75, 3.05) is 13.6 Å². The minimum Gasteiger partial charge on any atom is -0.341 e. The minimum atomic E-state index is -3.48. The van der Waals surface area contributed by atoms with Crippen LogP contribution in [0.2, 0.25) is 0 Å². The minimum absolute atomic E-state index is 0.0358. The van der Waals surface area contributed by atoms with Crippen LogP contribution in [-0.2, 0) is 21.4 Å². The maximum absolute atomic E-state index is 12.8. The summed E-state index contributed by atoms with van der Waals surface area (Å²) in [5.74, 6) is 0.500. The van der Waals surface area contributed by atoms with Crippen LogP contribution >= 0.6 is 0 Å². The van der Waals surface area contributed by atoms with Gasteiger partial charge in [-0.3, -0.25) is 4.79 Å². The fourth-order valence-corrected chi connectivity index (χ4v) is 5.00. The molecule has 0 aliphatic heterocycles. The van der Waals surface area contributed by atoms with Crippen molar-refractivity contribution < 1.29 is 13.2 Å². The van der Waals surface area contributed by atoms with Gasteiger partial charge in [-0.1, -0.05) is 48.0 Å². The van der Waals surface area contributed by atoms with Crippen molar-refractivity contribution >= 4 is 15.9 Å². The van der Waals surface area contributed by atoms with E-state index in [1.165, 1.54) is 0 Å². The summed E-state index contributed by atoms with van der Waals surface area (Å²) in [6.07, 6.45) is 3.36. The van der Waals surface area contributed by atoms with Gasteiger partial charge in [-0.25, -0.2) is 13.1 Å². The van der Waals surface area contributed by atoms with E-state index in [-0.39, 0.29) is 17.7 Å². The topological polar surface area (TPSA) is 66.5 Å². The van der Waals surface area contributed by atoms with Crippen molar-refractivity contribution in [1.29, 1.82) is 0 Å². The van der Waals surface area contributed by atoms with E-state index in [2.05, 4.69) is 4.72 Å². The largest absolute Gasteiger partial charge is 0.341 e. The van der Waals surface area contributed by atoms with Crippen molar-refractivity contribution in [3.8, 4) is 0 Å². The van der Waals surface area contributed by atoms with E-state index in [1.54, 1.807) is 29.2 Å². The Hall–Kier alpha value is -2.18. The lowest BCUT2D eigenvalue weighted by Crippen LogP contribution is -2.36. The van der Waals surface area contributed by atoms with Gasteiger partial charge in [0.1, 0.15) is 0 Å². The number of rotatable bonds is 7. The lowest BCUT2D eigenvalue weighted by atomic mass is 9.81. The lowest BCUT2D eigenvalue weighted by molar-refractivity contribution is -0.136. The molecule has 2 aromatic rings. The molecule has 5 nitrogen and oxygen atoms in total. The Morgan fingerprint density at radius 3 is 2.24 bits per heavy atom. The molecule has 1 amide bonds. The van der Waals surface area contributed by atoms with Crippen LogP contribution in [-0.4, -0.2) is 32.8 Å². The van der Waals surface area contributed by atoms with Crippen LogP contribution in [0.5, 0.6) is 0 Å². The van der Waals surface area contributed by atoms with Gasteiger partial charge in [-0.05, 0) is 56.2 Å². The zero-order chi connectivity index (χ0) is 20.9. The second-order valence-corrected chi connectivity index (χ2v) is 9.83. The van der Waals surface area contributed by atoms with E-state index in [9.17, 15) is 13.2 Å². The molecule has 6 heteroatoms. The molecule has 2 aromatic carbocycles. The predicted molar refractivity (Wildman–Crippen MR) is 115 cm³/mol. The summed E-state index contributed by atoms with van der Waals surface area (Å²) in [5, 5.41) is 0. The molecule has 1 saturated carbocycles. The van der Waals surface area contributed by atoms with E-state index in [4.69, 9.17) is 0 Å². The third kappa shape index (κ3) is 5.90. The van der Waals surface area contributed by atoms with Crippen LogP contribution in [0.3, 0.4) is 0 Å². The summed E-state index contributed by atoms with van der Waals surface area (Å²) >= 11 is 0. The first kappa shape index (κ1) is 21.5. The van der Waals surface area contributed by atoms with E-state index in [1.807, 2.05) is 44.3 Å². The summed E-state index contributed by atoms with van der Waals surface area (Å²) in [4.78, 5) is 14.9. The number of nitrogens with zero attached hydrogens (tertiary/aromatic N) is 1. The molecule has 156 valence electrons. The van der Waals surface area contributed by atoms with Gasteiger partial charge in [0.05, 0.1) is 4.90 Å². The number of sulfonamides is 1. The number of hydrogen-bond donors (Lipinski definition) is 1. The molecule has 0 aromatic heterocycles. The maximum Gasteiger partial charge on any atom is 0.240 e. The fourth-order valence-electron chi connectivity index (χ4n) is 3.89. The average molecular weight is 415 g/mol. The van der Waals surface area contributed by atoms with Crippen LogP contribution in [0.25, 0.3) is 0 Å². The Morgan fingerprint density at radius 2 is 1.62 bits per heavy atom. The molecule has 29 heavy (non-hydrogen) atoms. The van der Waals surface area contributed by atoms with Gasteiger partial charge < -0.3 is 4.90 Å². The van der Waals surface area contributed by atoms with Crippen molar-refractivity contribution in [3.05, 3.63) is 65.7 Å². The number of hydrogen-bond acceptors (Lipinski definition) is 3. The fraction of sp³-hybridized carbons (Fsp3) is 0.435. The van der Waals surface area contributed by atoms with E-state index in [0.29, 0.717) is 18.0 Å². The van der Waals surface area contributed by atoms with E-state index < -0.39 is 10.0 Å². The highest BCUT2D eigenvalue weighted by molar-refractivity contribution is 7.89. The van der Waals surface area contributed by atoms with Gasteiger partial charge in [-0.2, -0.15) is 0 Å². The van der Waals surface area contributed by atoms with E-state index in [0.717, 1.165) is 36.8 Å². The van der Waals surface area contributed by atoms with Crippen molar-refractivity contribution in [3.63, 3.8) is 0 Å². The first-order valence-corrected chi connectivity index (χ1v) is 11.7. The smallest absolute Gasteiger partial charge is 0.240 e. The lowest BCUT2D eigenvalue weighted by Gasteiger charge is -2.30. The molecular weight excluding hydrogens is 384 g/mol. The Labute approximate surface area is 174 Å². The van der Waals surface area contributed by atoms with Crippen LogP contribution in [0.15, 0.2) is 59.5 Å². The molecular formula is C23H30N2O3S. The Balaban J connectivity index is 1.46. The van der Waals surface area contributed by atoms with Gasteiger partial charge in [0.2, 0.25) is 15.9 Å². The molecule has 0 spiro atoms. The SMILES string of the molecule is Cc1ccc(S(=O)(=O)NCC2CCC(C(=O)N(C)Cc3ccccc3)CC2)cc1. The number of amides is 1. The van der Waals surface area contributed by atoms with E-state index >= 15 is 0 Å². The molecule has 0 saturated heterocycles. The third-order valence-corrected chi connectivity index (χ3v) is 7.17. The molecule has 0 bridgehead atoms. The van der Waals surface area contributed by atoms with Crippen molar-refractivity contribution in [1.82, 2.24) is 9.62 Å². The highest BCUT2D eigenvalue weighted by Gasteiger charge is 2.29. The predicted octanol–water partition coefficient (Wildman–Crippen LogP) is 3.74. The zero-order valence-corrected chi connectivity index (χ0v) is 18.0. The number of nitrogens with one attached hydrogen (secondary N) is 1. The number of benzene rings is 2. The summed E-state index contributed by atoms with van der Waals surface area (Å²) in [6.45, 7) is 2.98. The Kier molecular flexibility index (Phi) is 7.09. The first-order chi connectivity index (χ1) is 13.8. The second-order valence-electron chi connectivity index (χ2n) is 8.06.